The maximum Gasteiger partial charge on any atom is 0.253 e. The largest absolute Gasteiger partial charge is 0.372 e. The van der Waals surface area contributed by atoms with Gasteiger partial charge in [0.1, 0.15) is 5.82 Å². The summed E-state index contributed by atoms with van der Waals surface area (Å²) in [6, 6.07) is 12.0. The Labute approximate surface area is 177 Å². The second kappa shape index (κ2) is 8.40. The minimum atomic E-state index is -0.122. The zero-order valence-electron chi connectivity index (χ0n) is 18.0. The van der Waals surface area contributed by atoms with Crippen LogP contribution in [0.25, 0.3) is 10.9 Å². The molecule has 1 amide bonds. The number of hydrogen-bond acceptors (Lipinski definition) is 5. The molecule has 6 heteroatoms. The van der Waals surface area contributed by atoms with Gasteiger partial charge >= 0.3 is 0 Å². The van der Waals surface area contributed by atoms with Crippen LogP contribution >= 0.6 is 0 Å². The summed E-state index contributed by atoms with van der Waals surface area (Å²) in [4.78, 5) is 24.2. The molecular formula is C24H28N4O2. The van der Waals surface area contributed by atoms with Gasteiger partial charge in [-0.25, -0.2) is 4.98 Å². The summed E-state index contributed by atoms with van der Waals surface area (Å²) >= 11 is 0. The number of fused-ring (bicyclic) bond motifs is 1. The lowest BCUT2D eigenvalue weighted by Gasteiger charge is -2.36. The number of nitrogens with one attached hydrogen (secondary N) is 1. The van der Waals surface area contributed by atoms with E-state index in [1.165, 1.54) is 0 Å². The highest BCUT2D eigenvalue weighted by Crippen LogP contribution is 2.20. The molecule has 156 valence electrons. The van der Waals surface area contributed by atoms with E-state index in [0.717, 1.165) is 46.6 Å². The van der Waals surface area contributed by atoms with E-state index < -0.39 is 0 Å². The fraction of sp³-hybridized carbons (Fsp3) is 0.375. The first-order chi connectivity index (χ1) is 14.4. The van der Waals surface area contributed by atoms with E-state index in [-0.39, 0.29) is 18.1 Å². The molecule has 1 aliphatic rings. The van der Waals surface area contributed by atoms with Crippen LogP contribution in [0.1, 0.15) is 41.0 Å². The van der Waals surface area contributed by atoms with Crippen LogP contribution in [0.3, 0.4) is 0 Å². The van der Waals surface area contributed by atoms with Gasteiger partial charge < -0.3 is 15.0 Å². The normalized spacial score (nSPS) is 19.1. The second-order valence-corrected chi connectivity index (χ2v) is 8.19. The summed E-state index contributed by atoms with van der Waals surface area (Å²) in [7, 11) is 0. The molecule has 1 aliphatic heterocycles. The molecule has 0 aliphatic carbocycles. The van der Waals surface area contributed by atoms with Crippen LogP contribution in [0.5, 0.6) is 0 Å². The number of carbonyl (C=O) groups excluding carboxylic acids is 1. The molecular weight excluding hydrogens is 376 g/mol. The standard InChI is InChI=1S/C24H28N4O2/c1-15-5-7-22-20(9-15)10-21(18(4)27-22)24(29)26-12-19-6-8-23(25-11-19)28-13-16(2)30-17(3)14-28/h5-11,16-17H,12-14H2,1-4H3,(H,26,29)/t16-,17-/m1/s1. The summed E-state index contributed by atoms with van der Waals surface area (Å²) in [5.41, 5.74) is 4.35. The average Bonchev–Trinajstić information content (AvgIpc) is 2.71. The highest BCUT2D eigenvalue weighted by atomic mass is 16.5. The smallest absolute Gasteiger partial charge is 0.253 e. The molecule has 2 aromatic heterocycles. The number of anilines is 1. The van der Waals surface area contributed by atoms with Gasteiger partial charge in [0.05, 0.1) is 29.0 Å². The third-order valence-corrected chi connectivity index (χ3v) is 5.41. The first kappa shape index (κ1) is 20.3. The molecule has 0 saturated carbocycles. The highest BCUT2D eigenvalue weighted by Gasteiger charge is 2.23. The van der Waals surface area contributed by atoms with Crippen molar-refractivity contribution in [3.8, 4) is 0 Å². The number of aryl methyl sites for hydroxylation is 2. The fourth-order valence-corrected chi connectivity index (χ4v) is 3.97. The summed E-state index contributed by atoms with van der Waals surface area (Å²) in [6.45, 7) is 10.2. The third-order valence-electron chi connectivity index (χ3n) is 5.41. The minimum Gasteiger partial charge on any atom is -0.372 e. The zero-order valence-corrected chi connectivity index (χ0v) is 18.0. The molecule has 0 radical (unpaired) electrons. The Morgan fingerprint density at radius 2 is 1.90 bits per heavy atom. The van der Waals surface area contributed by atoms with Crippen molar-refractivity contribution in [2.75, 3.05) is 18.0 Å². The van der Waals surface area contributed by atoms with Gasteiger partial charge in [0.25, 0.3) is 5.91 Å². The van der Waals surface area contributed by atoms with Crippen molar-refractivity contribution >= 4 is 22.6 Å². The number of hydrogen-bond donors (Lipinski definition) is 1. The molecule has 2 atom stereocenters. The summed E-state index contributed by atoms with van der Waals surface area (Å²) in [5.74, 6) is 0.820. The maximum atomic E-state index is 12.8. The Morgan fingerprint density at radius 3 is 2.60 bits per heavy atom. The number of benzene rings is 1. The van der Waals surface area contributed by atoms with Crippen molar-refractivity contribution in [3.63, 3.8) is 0 Å². The van der Waals surface area contributed by atoms with Crippen molar-refractivity contribution in [1.82, 2.24) is 15.3 Å². The fourth-order valence-electron chi connectivity index (χ4n) is 3.97. The van der Waals surface area contributed by atoms with Gasteiger partial charge in [-0.05, 0) is 57.5 Å². The second-order valence-electron chi connectivity index (χ2n) is 8.19. The molecule has 6 nitrogen and oxygen atoms in total. The number of ether oxygens (including phenoxy) is 1. The van der Waals surface area contributed by atoms with E-state index in [1.807, 2.05) is 50.4 Å². The Morgan fingerprint density at radius 1 is 1.13 bits per heavy atom. The van der Waals surface area contributed by atoms with Crippen molar-refractivity contribution < 1.29 is 9.53 Å². The van der Waals surface area contributed by atoms with Crippen molar-refractivity contribution in [2.45, 2.75) is 46.4 Å². The molecule has 4 rings (SSSR count). The zero-order chi connectivity index (χ0) is 21.3. The molecule has 0 unspecified atom stereocenters. The molecule has 1 N–H and O–H groups in total. The van der Waals surface area contributed by atoms with Gasteiger partial charge in [-0.15, -0.1) is 0 Å². The first-order valence-electron chi connectivity index (χ1n) is 10.4. The number of amides is 1. The third kappa shape index (κ3) is 4.44. The number of pyridine rings is 2. The van der Waals surface area contributed by atoms with Crippen LogP contribution < -0.4 is 10.2 Å². The molecule has 1 fully saturated rings. The lowest BCUT2D eigenvalue weighted by Crippen LogP contribution is -2.45. The maximum absolute atomic E-state index is 12.8. The van der Waals surface area contributed by atoms with Crippen LogP contribution in [0.2, 0.25) is 0 Å². The van der Waals surface area contributed by atoms with Gasteiger partial charge in [-0.3, -0.25) is 9.78 Å². The van der Waals surface area contributed by atoms with Gasteiger partial charge in [0.15, 0.2) is 0 Å². The Bertz CT molecular complexity index is 1050. The molecule has 0 spiro atoms. The Hall–Kier alpha value is -2.99. The predicted octanol–water partition coefficient (Wildman–Crippen LogP) is 3.79. The lowest BCUT2D eigenvalue weighted by atomic mass is 10.1. The lowest BCUT2D eigenvalue weighted by molar-refractivity contribution is -0.00546. The van der Waals surface area contributed by atoms with Crippen molar-refractivity contribution in [3.05, 3.63) is 65.0 Å². The van der Waals surface area contributed by atoms with Crippen molar-refractivity contribution in [2.24, 2.45) is 0 Å². The molecule has 1 aromatic carbocycles. The average molecular weight is 405 g/mol. The van der Waals surface area contributed by atoms with Crippen LogP contribution in [0.4, 0.5) is 5.82 Å². The van der Waals surface area contributed by atoms with Crippen LogP contribution in [0, 0.1) is 13.8 Å². The van der Waals surface area contributed by atoms with Gasteiger partial charge in [0, 0.05) is 31.2 Å². The van der Waals surface area contributed by atoms with E-state index in [2.05, 4.69) is 40.1 Å². The van der Waals surface area contributed by atoms with E-state index in [9.17, 15) is 4.79 Å². The molecule has 30 heavy (non-hydrogen) atoms. The van der Waals surface area contributed by atoms with Crippen LogP contribution in [-0.4, -0.2) is 41.2 Å². The van der Waals surface area contributed by atoms with Crippen LogP contribution in [-0.2, 0) is 11.3 Å². The first-order valence-corrected chi connectivity index (χ1v) is 10.4. The minimum absolute atomic E-state index is 0.122. The molecule has 3 aromatic rings. The highest BCUT2D eigenvalue weighted by molar-refractivity contribution is 5.98. The number of carbonyl (C=O) groups is 1. The summed E-state index contributed by atoms with van der Waals surface area (Å²) < 4.78 is 5.79. The molecule has 1 saturated heterocycles. The SMILES string of the molecule is Cc1ccc2nc(C)c(C(=O)NCc3ccc(N4C[C@@H](C)O[C@H](C)C4)nc3)cc2c1. The topological polar surface area (TPSA) is 67.4 Å². The summed E-state index contributed by atoms with van der Waals surface area (Å²) in [5, 5.41) is 3.97. The van der Waals surface area contributed by atoms with Gasteiger partial charge in [0.2, 0.25) is 0 Å². The van der Waals surface area contributed by atoms with Gasteiger partial charge in [-0.2, -0.15) is 0 Å². The van der Waals surface area contributed by atoms with Crippen LogP contribution in [0.15, 0.2) is 42.6 Å². The van der Waals surface area contributed by atoms with E-state index >= 15 is 0 Å². The number of aromatic nitrogens is 2. The summed E-state index contributed by atoms with van der Waals surface area (Å²) in [6.07, 6.45) is 2.21. The monoisotopic (exact) mass is 404 g/mol. The van der Waals surface area contributed by atoms with Gasteiger partial charge in [-0.1, -0.05) is 17.7 Å². The Kier molecular flexibility index (Phi) is 5.68. The van der Waals surface area contributed by atoms with E-state index in [1.54, 1.807) is 0 Å². The van der Waals surface area contributed by atoms with Crippen molar-refractivity contribution in [1.29, 1.82) is 0 Å². The number of nitrogens with zero attached hydrogens (tertiary/aromatic N) is 3. The molecule has 3 heterocycles. The molecule has 0 bridgehead atoms. The predicted molar refractivity (Wildman–Crippen MR) is 119 cm³/mol. The number of morpholine rings is 1. The van der Waals surface area contributed by atoms with E-state index in [0.29, 0.717) is 12.1 Å². The number of rotatable bonds is 4. The Balaban J connectivity index is 1.43. The quantitative estimate of drug-likeness (QED) is 0.717. The van der Waals surface area contributed by atoms with E-state index in [4.69, 9.17) is 4.74 Å².